The molecule has 1 aliphatic carbocycles. The number of carbonyl (C=O) groups is 3. The zero-order valence-electron chi connectivity index (χ0n) is 21.1. The van der Waals surface area contributed by atoms with Gasteiger partial charge in [0.25, 0.3) is 0 Å². The van der Waals surface area contributed by atoms with Gasteiger partial charge in [-0.3, -0.25) is 14.5 Å². The average Bonchev–Trinajstić information content (AvgIpc) is 3.09. The lowest BCUT2D eigenvalue weighted by molar-refractivity contribution is -0.134. The first-order valence-electron chi connectivity index (χ1n) is 12.0. The van der Waals surface area contributed by atoms with Crippen LogP contribution in [0.25, 0.3) is 0 Å². The number of allylic oxidation sites excluding steroid dienone is 2. The SMILES string of the molecule is CC1=CCC(C(=O)N(c2cc(C#CC(C)(C)C)sc2C(=O)O)C2CCCCN(C)C2=O)C(C)C1. The Balaban J connectivity index is 2.14. The number of carboxylic acids is 1. The van der Waals surface area contributed by atoms with Crippen LogP contribution in [-0.4, -0.2) is 47.4 Å². The van der Waals surface area contributed by atoms with E-state index in [0.717, 1.165) is 30.6 Å². The van der Waals surface area contributed by atoms with E-state index >= 15 is 0 Å². The fourth-order valence-corrected chi connectivity index (χ4v) is 5.54. The Bertz CT molecular complexity index is 1050. The maximum Gasteiger partial charge on any atom is 0.348 e. The summed E-state index contributed by atoms with van der Waals surface area (Å²) in [5, 5.41) is 10.0. The van der Waals surface area contributed by atoms with Gasteiger partial charge in [-0.25, -0.2) is 4.79 Å². The summed E-state index contributed by atoms with van der Waals surface area (Å²) < 4.78 is 0. The molecule has 34 heavy (non-hydrogen) atoms. The number of carboxylic acid groups (broad SMARTS) is 1. The van der Waals surface area contributed by atoms with E-state index in [4.69, 9.17) is 0 Å². The highest BCUT2D eigenvalue weighted by molar-refractivity contribution is 7.15. The lowest BCUT2D eigenvalue weighted by Gasteiger charge is -2.37. The van der Waals surface area contributed by atoms with Crippen molar-refractivity contribution >= 4 is 34.8 Å². The van der Waals surface area contributed by atoms with Crippen LogP contribution in [0.4, 0.5) is 5.69 Å². The van der Waals surface area contributed by atoms with Crippen molar-refractivity contribution in [2.24, 2.45) is 17.3 Å². The first-order chi connectivity index (χ1) is 15.9. The van der Waals surface area contributed by atoms with Crippen molar-refractivity contribution in [2.75, 3.05) is 18.5 Å². The molecule has 1 N–H and O–H groups in total. The molecule has 3 unspecified atom stereocenters. The molecule has 2 heterocycles. The first kappa shape index (κ1) is 26.0. The number of anilines is 1. The number of amides is 2. The highest BCUT2D eigenvalue weighted by atomic mass is 32.1. The second-order valence-corrected chi connectivity index (χ2v) is 11.7. The number of aromatic carboxylic acids is 1. The monoisotopic (exact) mass is 484 g/mol. The predicted octanol–water partition coefficient (Wildman–Crippen LogP) is 5.18. The van der Waals surface area contributed by atoms with Crippen LogP contribution in [-0.2, 0) is 9.59 Å². The molecular formula is C27H36N2O4S. The quantitative estimate of drug-likeness (QED) is 0.472. The van der Waals surface area contributed by atoms with E-state index in [2.05, 4.69) is 31.8 Å². The van der Waals surface area contributed by atoms with Crippen molar-refractivity contribution in [1.29, 1.82) is 0 Å². The summed E-state index contributed by atoms with van der Waals surface area (Å²) in [6.07, 6.45) is 5.69. The van der Waals surface area contributed by atoms with Gasteiger partial charge in [-0.1, -0.05) is 30.4 Å². The van der Waals surface area contributed by atoms with Crippen molar-refractivity contribution < 1.29 is 19.5 Å². The lowest BCUT2D eigenvalue weighted by Crippen LogP contribution is -2.52. The summed E-state index contributed by atoms with van der Waals surface area (Å²) >= 11 is 1.07. The van der Waals surface area contributed by atoms with Crippen LogP contribution < -0.4 is 4.90 Å². The second-order valence-electron chi connectivity index (χ2n) is 10.7. The van der Waals surface area contributed by atoms with E-state index in [9.17, 15) is 19.5 Å². The van der Waals surface area contributed by atoms with Gasteiger partial charge in [0.2, 0.25) is 11.8 Å². The van der Waals surface area contributed by atoms with E-state index in [1.165, 1.54) is 10.5 Å². The highest BCUT2D eigenvalue weighted by Gasteiger charge is 2.41. The number of likely N-dealkylation sites (tertiary alicyclic amines) is 1. The van der Waals surface area contributed by atoms with Gasteiger partial charge in [-0.2, -0.15) is 0 Å². The third kappa shape index (κ3) is 5.90. The molecule has 3 rings (SSSR count). The van der Waals surface area contributed by atoms with Crippen LogP contribution >= 0.6 is 11.3 Å². The molecule has 0 saturated carbocycles. The van der Waals surface area contributed by atoms with Gasteiger partial charge in [-0.05, 0) is 71.8 Å². The zero-order chi connectivity index (χ0) is 25.2. The number of carbonyl (C=O) groups excluding carboxylic acids is 2. The smallest absolute Gasteiger partial charge is 0.348 e. The average molecular weight is 485 g/mol. The molecule has 3 atom stereocenters. The van der Waals surface area contributed by atoms with E-state index in [-0.39, 0.29) is 33.9 Å². The normalized spacial score (nSPS) is 23.5. The minimum atomic E-state index is -1.11. The molecule has 0 radical (unpaired) electrons. The van der Waals surface area contributed by atoms with E-state index < -0.39 is 12.0 Å². The van der Waals surface area contributed by atoms with Gasteiger partial charge in [-0.15, -0.1) is 11.3 Å². The summed E-state index contributed by atoms with van der Waals surface area (Å²) in [5.41, 5.74) is 1.31. The Morgan fingerprint density at radius 2 is 1.97 bits per heavy atom. The highest BCUT2D eigenvalue weighted by Crippen LogP contribution is 2.38. The zero-order valence-corrected chi connectivity index (χ0v) is 21.9. The summed E-state index contributed by atoms with van der Waals surface area (Å²) in [5.74, 6) is 4.65. The van der Waals surface area contributed by atoms with Crippen molar-refractivity contribution in [1.82, 2.24) is 4.90 Å². The maximum atomic E-state index is 14.1. The molecule has 1 saturated heterocycles. The Morgan fingerprint density at radius 3 is 2.59 bits per heavy atom. The number of thiophene rings is 1. The van der Waals surface area contributed by atoms with E-state index in [0.29, 0.717) is 30.0 Å². The summed E-state index contributed by atoms with van der Waals surface area (Å²) in [6, 6.07) is 0.979. The molecule has 1 aliphatic heterocycles. The van der Waals surface area contributed by atoms with Crippen LogP contribution in [0.3, 0.4) is 0 Å². The predicted molar refractivity (Wildman–Crippen MR) is 136 cm³/mol. The third-order valence-electron chi connectivity index (χ3n) is 6.53. The molecule has 1 aromatic rings. The summed E-state index contributed by atoms with van der Waals surface area (Å²) in [4.78, 5) is 43.5. The van der Waals surface area contributed by atoms with Crippen LogP contribution in [0.5, 0.6) is 0 Å². The van der Waals surface area contributed by atoms with Crippen LogP contribution in [0, 0.1) is 29.1 Å². The largest absolute Gasteiger partial charge is 0.477 e. The van der Waals surface area contributed by atoms with E-state index in [1.807, 2.05) is 20.8 Å². The van der Waals surface area contributed by atoms with Crippen LogP contribution in [0.15, 0.2) is 17.7 Å². The topological polar surface area (TPSA) is 77.9 Å². The van der Waals surface area contributed by atoms with Gasteiger partial charge in [0.15, 0.2) is 0 Å². The molecule has 2 aliphatic rings. The standard InChI is InChI=1S/C27H36N2O4S/c1-17-10-11-20(18(2)15-17)24(30)29(21-9-7-8-14-28(6)25(21)31)22-16-19(12-13-27(3,4)5)34-23(22)26(32)33/h10,16,18,20-21H,7-9,11,14-15H2,1-6H3,(H,32,33). The molecule has 1 aromatic heterocycles. The summed E-state index contributed by atoms with van der Waals surface area (Å²) in [6.45, 7) is 10.7. The van der Waals surface area contributed by atoms with Gasteiger partial charge >= 0.3 is 5.97 Å². The Labute approximate surface area is 207 Å². The molecular weight excluding hydrogens is 448 g/mol. The first-order valence-corrected chi connectivity index (χ1v) is 12.8. The number of nitrogens with zero attached hydrogens (tertiary/aromatic N) is 2. The number of likely N-dealkylation sites (N-methyl/N-ethyl adjacent to an activating group) is 1. The molecule has 6 nitrogen and oxygen atoms in total. The third-order valence-corrected chi connectivity index (χ3v) is 7.55. The second kappa shape index (κ2) is 10.4. The maximum absolute atomic E-state index is 14.1. The molecule has 0 bridgehead atoms. The van der Waals surface area contributed by atoms with Crippen LogP contribution in [0.1, 0.15) is 81.3 Å². The van der Waals surface area contributed by atoms with E-state index in [1.54, 1.807) is 18.0 Å². The van der Waals surface area contributed by atoms with Crippen molar-refractivity contribution in [3.8, 4) is 11.8 Å². The molecule has 0 aromatic carbocycles. The number of rotatable bonds is 4. The fourth-order valence-electron chi connectivity index (χ4n) is 4.70. The Kier molecular flexibility index (Phi) is 7.92. The van der Waals surface area contributed by atoms with Crippen LogP contribution in [0.2, 0.25) is 0 Å². The Morgan fingerprint density at radius 1 is 1.26 bits per heavy atom. The minimum Gasteiger partial charge on any atom is -0.477 e. The molecule has 7 heteroatoms. The van der Waals surface area contributed by atoms with Gasteiger partial charge < -0.3 is 10.0 Å². The van der Waals surface area contributed by atoms with Gasteiger partial charge in [0, 0.05) is 24.9 Å². The van der Waals surface area contributed by atoms with Gasteiger partial charge in [0.05, 0.1) is 10.6 Å². The van der Waals surface area contributed by atoms with Crippen molar-refractivity contribution in [2.45, 2.75) is 72.8 Å². The number of hydrogen-bond acceptors (Lipinski definition) is 4. The molecule has 0 spiro atoms. The van der Waals surface area contributed by atoms with Crippen molar-refractivity contribution in [3.05, 3.63) is 27.5 Å². The Hall–Kier alpha value is -2.59. The van der Waals surface area contributed by atoms with Gasteiger partial charge in [0.1, 0.15) is 10.9 Å². The minimum absolute atomic E-state index is 0.0569. The summed E-state index contributed by atoms with van der Waals surface area (Å²) in [7, 11) is 1.75. The fraction of sp³-hybridized carbons (Fsp3) is 0.593. The molecule has 184 valence electrons. The lowest BCUT2D eigenvalue weighted by atomic mass is 9.80. The molecule has 2 amide bonds. The van der Waals surface area contributed by atoms with Crippen molar-refractivity contribution in [3.63, 3.8) is 0 Å². The molecule has 1 fully saturated rings. The number of hydrogen-bond donors (Lipinski definition) is 1.